The maximum Gasteiger partial charge on any atom is 0.150 e. The summed E-state index contributed by atoms with van der Waals surface area (Å²) in [6.07, 6.45) is 4.56. The second-order valence-corrected chi connectivity index (χ2v) is 8.64. The number of aliphatic hydroxyl groups excluding tert-OH is 1. The molecule has 118 valence electrons. The first-order valence-electron chi connectivity index (χ1n) is 7.48. The molecule has 1 saturated carbocycles. The van der Waals surface area contributed by atoms with Gasteiger partial charge < -0.3 is 10.4 Å². The fourth-order valence-corrected chi connectivity index (χ4v) is 4.32. The number of nitrogens with one attached hydrogen (secondary N) is 1. The predicted molar refractivity (Wildman–Crippen MR) is 84.9 cm³/mol. The van der Waals surface area contributed by atoms with E-state index in [-0.39, 0.29) is 17.9 Å². The van der Waals surface area contributed by atoms with E-state index in [2.05, 4.69) is 5.32 Å². The Balaban J connectivity index is 2.12. The molecule has 1 aliphatic carbocycles. The minimum atomic E-state index is -2.99. The van der Waals surface area contributed by atoms with Crippen LogP contribution in [-0.4, -0.2) is 37.7 Å². The molecule has 4 nitrogen and oxygen atoms in total. The maximum atomic E-state index is 11.8. The van der Waals surface area contributed by atoms with E-state index in [9.17, 15) is 13.5 Å². The van der Waals surface area contributed by atoms with Crippen molar-refractivity contribution in [3.63, 3.8) is 0 Å². The third-order valence-corrected chi connectivity index (χ3v) is 6.12. The van der Waals surface area contributed by atoms with Gasteiger partial charge in [-0.05, 0) is 31.7 Å². The van der Waals surface area contributed by atoms with Crippen molar-refractivity contribution in [3.8, 4) is 0 Å². The highest BCUT2D eigenvalue weighted by molar-refractivity contribution is 7.91. The summed E-state index contributed by atoms with van der Waals surface area (Å²) in [5, 5.41) is 13.0. The Kier molecular flexibility index (Phi) is 5.07. The quantitative estimate of drug-likeness (QED) is 0.871. The number of hydrogen-bond donors (Lipinski definition) is 2. The van der Waals surface area contributed by atoms with Crippen molar-refractivity contribution >= 4 is 9.84 Å². The van der Waals surface area contributed by atoms with Crippen LogP contribution in [0.1, 0.15) is 38.2 Å². The summed E-state index contributed by atoms with van der Waals surface area (Å²) in [7, 11) is -2.99. The number of sulfone groups is 1. The van der Waals surface area contributed by atoms with Crippen LogP contribution in [0.5, 0.6) is 0 Å². The van der Waals surface area contributed by atoms with Crippen LogP contribution in [0.25, 0.3) is 0 Å². The predicted octanol–water partition coefficient (Wildman–Crippen LogP) is 1.84. The lowest BCUT2D eigenvalue weighted by molar-refractivity contribution is 0.151. The third kappa shape index (κ3) is 4.05. The van der Waals surface area contributed by atoms with Crippen molar-refractivity contribution < 1.29 is 13.5 Å². The van der Waals surface area contributed by atoms with Crippen molar-refractivity contribution in [2.75, 3.05) is 12.9 Å². The smallest absolute Gasteiger partial charge is 0.150 e. The second-order valence-electron chi connectivity index (χ2n) is 6.32. The van der Waals surface area contributed by atoms with Crippen LogP contribution in [-0.2, 0) is 15.4 Å². The fraction of sp³-hybridized carbons (Fsp3) is 0.625. The van der Waals surface area contributed by atoms with E-state index in [1.54, 1.807) is 0 Å². The number of rotatable bonds is 5. The van der Waals surface area contributed by atoms with Crippen molar-refractivity contribution in [2.45, 2.75) is 49.4 Å². The highest BCUT2D eigenvalue weighted by Crippen LogP contribution is 2.28. The monoisotopic (exact) mass is 311 g/mol. The van der Waals surface area contributed by atoms with Crippen LogP contribution in [0.15, 0.2) is 30.3 Å². The highest BCUT2D eigenvalue weighted by atomic mass is 32.2. The van der Waals surface area contributed by atoms with Gasteiger partial charge in [-0.25, -0.2) is 8.42 Å². The first-order valence-corrected chi connectivity index (χ1v) is 9.43. The molecule has 1 fully saturated rings. The zero-order valence-corrected chi connectivity index (χ0v) is 13.6. The Bertz CT molecular complexity index is 558. The molecule has 5 heteroatoms. The average Bonchev–Trinajstić information content (AvgIpc) is 2.47. The molecule has 0 spiro atoms. The molecule has 1 aliphatic rings. The van der Waals surface area contributed by atoms with Gasteiger partial charge in [0, 0.05) is 12.3 Å². The minimum absolute atomic E-state index is 0.0168. The zero-order chi connectivity index (χ0) is 15.5. The van der Waals surface area contributed by atoms with Gasteiger partial charge in [0.05, 0.1) is 17.4 Å². The fourth-order valence-electron chi connectivity index (χ4n) is 3.14. The summed E-state index contributed by atoms with van der Waals surface area (Å²) < 4.78 is 23.5. The molecule has 21 heavy (non-hydrogen) atoms. The van der Waals surface area contributed by atoms with E-state index in [1.807, 2.05) is 37.3 Å². The van der Waals surface area contributed by atoms with Gasteiger partial charge in [0.15, 0.2) is 0 Å². The molecule has 1 aromatic rings. The lowest BCUT2D eigenvalue weighted by atomic mass is 9.88. The van der Waals surface area contributed by atoms with E-state index in [0.717, 1.165) is 24.8 Å². The molecule has 0 aromatic heterocycles. The molecular weight excluding hydrogens is 286 g/mol. The molecule has 0 heterocycles. The normalized spacial score (nSPS) is 26.2. The molecule has 3 unspecified atom stereocenters. The van der Waals surface area contributed by atoms with Gasteiger partial charge in [-0.2, -0.15) is 0 Å². The van der Waals surface area contributed by atoms with E-state index < -0.39 is 15.4 Å². The van der Waals surface area contributed by atoms with Gasteiger partial charge in [-0.15, -0.1) is 0 Å². The molecule has 1 aromatic carbocycles. The Hall–Kier alpha value is -0.910. The average molecular weight is 311 g/mol. The van der Waals surface area contributed by atoms with Crippen molar-refractivity contribution in [1.82, 2.24) is 5.32 Å². The zero-order valence-electron chi connectivity index (χ0n) is 12.7. The molecule has 0 bridgehead atoms. The van der Waals surface area contributed by atoms with Crippen LogP contribution in [0.2, 0.25) is 0 Å². The summed E-state index contributed by atoms with van der Waals surface area (Å²) in [5.41, 5.74) is 0.486. The van der Waals surface area contributed by atoms with Crippen molar-refractivity contribution in [2.24, 2.45) is 0 Å². The Morgan fingerprint density at radius 1 is 1.29 bits per heavy atom. The van der Waals surface area contributed by atoms with Gasteiger partial charge in [-0.3, -0.25) is 0 Å². The molecule has 2 N–H and O–H groups in total. The first kappa shape index (κ1) is 16.5. The lowest BCUT2D eigenvalue weighted by Crippen LogP contribution is -2.51. The molecule has 3 atom stereocenters. The summed E-state index contributed by atoms with van der Waals surface area (Å²) in [6.45, 7) is 1.95. The topological polar surface area (TPSA) is 66.4 Å². The lowest BCUT2D eigenvalue weighted by Gasteiger charge is -2.37. The van der Waals surface area contributed by atoms with Gasteiger partial charge in [-0.1, -0.05) is 36.8 Å². The van der Waals surface area contributed by atoms with E-state index >= 15 is 0 Å². The minimum Gasteiger partial charge on any atom is -0.394 e. The number of hydrogen-bond acceptors (Lipinski definition) is 4. The molecule has 2 rings (SSSR count). The molecule has 0 aliphatic heterocycles. The SMILES string of the molecule is CC(CO)(NC1CCCC(S(C)(=O)=O)C1)c1ccccc1. The standard InChI is InChI=1S/C16H25NO3S/c1-16(12-18,13-7-4-3-5-8-13)17-14-9-6-10-15(11-14)21(2,19)20/h3-5,7-8,14-15,17-18H,6,9-12H2,1-2H3. The number of benzene rings is 1. The van der Waals surface area contributed by atoms with Gasteiger partial charge in [0.2, 0.25) is 0 Å². The Labute approximate surface area is 127 Å². The van der Waals surface area contributed by atoms with Gasteiger partial charge in [0.25, 0.3) is 0 Å². The Morgan fingerprint density at radius 2 is 1.95 bits per heavy atom. The number of aliphatic hydroxyl groups is 1. The third-order valence-electron chi connectivity index (χ3n) is 4.48. The first-order chi connectivity index (χ1) is 9.85. The largest absolute Gasteiger partial charge is 0.394 e. The van der Waals surface area contributed by atoms with Crippen molar-refractivity contribution in [3.05, 3.63) is 35.9 Å². The summed E-state index contributed by atoms with van der Waals surface area (Å²) in [6, 6.07) is 9.94. The summed E-state index contributed by atoms with van der Waals surface area (Å²) in [4.78, 5) is 0. The van der Waals surface area contributed by atoms with Crippen LogP contribution in [0.4, 0.5) is 0 Å². The van der Waals surface area contributed by atoms with E-state index in [1.165, 1.54) is 6.26 Å². The molecular formula is C16H25NO3S. The van der Waals surface area contributed by atoms with Crippen molar-refractivity contribution in [1.29, 1.82) is 0 Å². The second kappa shape index (κ2) is 6.46. The maximum absolute atomic E-state index is 11.8. The van der Waals surface area contributed by atoms with Crippen LogP contribution in [0.3, 0.4) is 0 Å². The van der Waals surface area contributed by atoms with E-state index in [0.29, 0.717) is 6.42 Å². The molecule has 0 radical (unpaired) electrons. The van der Waals surface area contributed by atoms with Crippen LogP contribution < -0.4 is 5.32 Å². The van der Waals surface area contributed by atoms with Crippen LogP contribution in [0, 0.1) is 0 Å². The molecule has 0 saturated heterocycles. The molecule has 0 amide bonds. The van der Waals surface area contributed by atoms with Gasteiger partial charge >= 0.3 is 0 Å². The summed E-state index contributed by atoms with van der Waals surface area (Å²) >= 11 is 0. The summed E-state index contributed by atoms with van der Waals surface area (Å²) in [5.74, 6) is 0. The highest BCUT2D eigenvalue weighted by Gasteiger charge is 2.34. The Morgan fingerprint density at radius 3 is 2.52 bits per heavy atom. The van der Waals surface area contributed by atoms with E-state index in [4.69, 9.17) is 0 Å². The van der Waals surface area contributed by atoms with Crippen LogP contribution >= 0.6 is 0 Å². The van der Waals surface area contributed by atoms with Gasteiger partial charge in [0.1, 0.15) is 9.84 Å².